The van der Waals surface area contributed by atoms with Gasteiger partial charge in [0.2, 0.25) is 5.95 Å². The summed E-state index contributed by atoms with van der Waals surface area (Å²) >= 11 is 0. The van der Waals surface area contributed by atoms with Crippen LogP contribution in [0.2, 0.25) is 0 Å². The molecule has 1 aromatic heterocycles. The molecule has 0 saturated heterocycles. The van der Waals surface area contributed by atoms with Crippen molar-refractivity contribution in [2.75, 3.05) is 5.43 Å². The number of benzene rings is 1. The molecule has 0 fully saturated rings. The van der Waals surface area contributed by atoms with Crippen LogP contribution in [-0.2, 0) is 0 Å². The Morgan fingerprint density at radius 1 is 1.10 bits per heavy atom. The number of nitrogens with zero attached hydrogens (tertiary/aromatic N) is 3. The van der Waals surface area contributed by atoms with Gasteiger partial charge >= 0.3 is 12.0 Å². The van der Waals surface area contributed by atoms with Crippen molar-refractivity contribution in [3.8, 4) is 17.8 Å². The number of aryl methyl sites for hydroxylation is 1. The summed E-state index contributed by atoms with van der Waals surface area (Å²) in [6.45, 7) is 7.74. The number of nitrogens with two attached hydrogens (primary N) is 1. The molecule has 2 rings (SSSR count). The molecule has 0 bridgehead atoms. The fourth-order valence-electron chi connectivity index (χ4n) is 1.64. The van der Waals surface area contributed by atoms with Gasteiger partial charge in [0, 0.05) is 0 Å². The van der Waals surface area contributed by atoms with Crippen LogP contribution in [0.25, 0.3) is 0 Å². The molecular weight excluding hydrogens is 270 g/mol. The molecule has 0 aliphatic heterocycles. The van der Waals surface area contributed by atoms with Crippen molar-refractivity contribution < 1.29 is 9.47 Å². The number of nitrogen functional groups attached to an aromatic ring is 1. The van der Waals surface area contributed by atoms with Gasteiger partial charge < -0.3 is 9.47 Å². The molecular formula is C14H19N5O2. The van der Waals surface area contributed by atoms with E-state index in [1.54, 1.807) is 0 Å². The van der Waals surface area contributed by atoms with Gasteiger partial charge in [-0.2, -0.15) is 9.97 Å². The van der Waals surface area contributed by atoms with Gasteiger partial charge in [-0.1, -0.05) is 12.1 Å². The van der Waals surface area contributed by atoms with Crippen molar-refractivity contribution in [3.05, 3.63) is 29.3 Å². The standard InChI is InChI=1S/C14H19N5O2/c1-8(2)20-13-16-12(19-15)17-14(18-13)21-11-7-5-6-9(3)10(11)4/h5-8H,15H2,1-4H3,(H,16,17,18,19). The normalized spacial score (nSPS) is 10.6. The van der Waals surface area contributed by atoms with E-state index in [-0.39, 0.29) is 24.1 Å². The summed E-state index contributed by atoms with van der Waals surface area (Å²) in [7, 11) is 0. The zero-order valence-corrected chi connectivity index (χ0v) is 12.5. The summed E-state index contributed by atoms with van der Waals surface area (Å²) in [6.07, 6.45) is -0.0634. The maximum Gasteiger partial charge on any atom is 0.330 e. The minimum absolute atomic E-state index is 0.0634. The van der Waals surface area contributed by atoms with Crippen LogP contribution >= 0.6 is 0 Å². The third-order valence-corrected chi connectivity index (χ3v) is 2.82. The molecule has 1 heterocycles. The summed E-state index contributed by atoms with van der Waals surface area (Å²) in [4.78, 5) is 12.2. The molecule has 112 valence electrons. The molecule has 21 heavy (non-hydrogen) atoms. The minimum Gasteiger partial charge on any atom is -0.461 e. The topological polar surface area (TPSA) is 95.2 Å². The maximum atomic E-state index is 5.72. The van der Waals surface area contributed by atoms with Gasteiger partial charge in [-0.25, -0.2) is 5.84 Å². The third-order valence-electron chi connectivity index (χ3n) is 2.82. The predicted octanol–water partition coefficient (Wildman–Crippen LogP) is 2.35. The van der Waals surface area contributed by atoms with Crippen LogP contribution in [0.15, 0.2) is 18.2 Å². The van der Waals surface area contributed by atoms with E-state index in [2.05, 4.69) is 20.4 Å². The fraction of sp³-hybridized carbons (Fsp3) is 0.357. The Labute approximate surface area is 123 Å². The molecule has 0 atom stereocenters. The predicted molar refractivity (Wildman–Crippen MR) is 79.4 cm³/mol. The van der Waals surface area contributed by atoms with Gasteiger partial charge in [0.15, 0.2) is 0 Å². The molecule has 7 nitrogen and oxygen atoms in total. The van der Waals surface area contributed by atoms with Crippen molar-refractivity contribution in [2.45, 2.75) is 33.8 Å². The lowest BCUT2D eigenvalue weighted by Crippen LogP contribution is -2.15. The number of rotatable bonds is 5. The van der Waals surface area contributed by atoms with Gasteiger partial charge in [0.05, 0.1) is 6.10 Å². The first-order valence-electron chi connectivity index (χ1n) is 6.63. The summed E-state index contributed by atoms with van der Waals surface area (Å²) in [5.74, 6) is 6.21. The molecule has 0 aliphatic rings. The number of anilines is 1. The van der Waals surface area contributed by atoms with Crippen LogP contribution in [0, 0.1) is 13.8 Å². The molecule has 0 unspecified atom stereocenters. The second-order valence-corrected chi connectivity index (χ2v) is 4.84. The average molecular weight is 289 g/mol. The van der Waals surface area contributed by atoms with Crippen molar-refractivity contribution in [3.63, 3.8) is 0 Å². The van der Waals surface area contributed by atoms with E-state index < -0.39 is 0 Å². The molecule has 0 radical (unpaired) electrons. The molecule has 0 amide bonds. The Kier molecular flexibility index (Phi) is 4.54. The number of nitrogens with one attached hydrogen (secondary N) is 1. The molecule has 0 saturated carbocycles. The highest BCUT2D eigenvalue weighted by atomic mass is 16.5. The maximum absolute atomic E-state index is 5.72. The molecule has 1 aromatic carbocycles. The van der Waals surface area contributed by atoms with E-state index in [9.17, 15) is 0 Å². The number of hydrogen-bond acceptors (Lipinski definition) is 7. The summed E-state index contributed by atoms with van der Waals surface area (Å²) in [6, 6.07) is 6.06. The van der Waals surface area contributed by atoms with E-state index in [0.717, 1.165) is 11.1 Å². The largest absolute Gasteiger partial charge is 0.461 e. The SMILES string of the molecule is Cc1cccc(Oc2nc(NN)nc(OC(C)C)n2)c1C. The summed E-state index contributed by atoms with van der Waals surface area (Å²) in [5, 5.41) is 0. The molecule has 0 aliphatic carbocycles. The highest BCUT2D eigenvalue weighted by Crippen LogP contribution is 2.26. The number of aromatic nitrogens is 3. The molecule has 7 heteroatoms. The summed E-state index contributed by atoms with van der Waals surface area (Å²) < 4.78 is 11.2. The Morgan fingerprint density at radius 3 is 2.48 bits per heavy atom. The number of hydrazine groups is 1. The van der Waals surface area contributed by atoms with Crippen molar-refractivity contribution >= 4 is 5.95 Å². The van der Waals surface area contributed by atoms with Crippen LogP contribution in [0.3, 0.4) is 0 Å². The zero-order valence-electron chi connectivity index (χ0n) is 12.5. The summed E-state index contributed by atoms with van der Waals surface area (Å²) in [5.41, 5.74) is 4.51. The van der Waals surface area contributed by atoms with E-state index in [1.165, 1.54) is 0 Å². The van der Waals surface area contributed by atoms with Crippen LogP contribution in [0.1, 0.15) is 25.0 Å². The van der Waals surface area contributed by atoms with Crippen LogP contribution in [-0.4, -0.2) is 21.1 Å². The van der Waals surface area contributed by atoms with Crippen LogP contribution in [0.4, 0.5) is 5.95 Å². The first kappa shape index (κ1) is 15.0. The second-order valence-electron chi connectivity index (χ2n) is 4.84. The monoisotopic (exact) mass is 289 g/mol. The molecule has 0 spiro atoms. The van der Waals surface area contributed by atoms with Gasteiger partial charge in [0.1, 0.15) is 5.75 Å². The number of ether oxygens (including phenoxy) is 2. The highest BCUT2D eigenvalue weighted by Gasteiger charge is 2.11. The van der Waals surface area contributed by atoms with Gasteiger partial charge in [0.25, 0.3) is 0 Å². The van der Waals surface area contributed by atoms with E-state index in [4.69, 9.17) is 15.3 Å². The van der Waals surface area contributed by atoms with E-state index in [1.807, 2.05) is 45.9 Å². The zero-order chi connectivity index (χ0) is 15.4. The van der Waals surface area contributed by atoms with Gasteiger partial charge in [-0.05, 0) is 44.9 Å². The second kappa shape index (κ2) is 6.36. The Bertz CT molecular complexity index is 631. The van der Waals surface area contributed by atoms with Gasteiger partial charge in [-0.15, -0.1) is 4.98 Å². The van der Waals surface area contributed by atoms with Crippen LogP contribution in [0.5, 0.6) is 17.8 Å². The van der Waals surface area contributed by atoms with E-state index >= 15 is 0 Å². The fourth-order valence-corrected chi connectivity index (χ4v) is 1.64. The smallest absolute Gasteiger partial charge is 0.330 e. The minimum atomic E-state index is -0.0634. The van der Waals surface area contributed by atoms with Crippen molar-refractivity contribution in [2.24, 2.45) is 5.84 Å². The van der Waals surface area contributed by atoms with Gasteiger partial charge in [-0.3, -0.25) is 5.43 Å². The molecule has 2 aromatic rings. The lowest BCUT2D eigenvalue weighted by atomic mass is 10.1. The Balaban J connectivity index is 2.32. The molecule has 3 N–H and O–H groups in total. The first-order valence-corrected chi connectivity index (χ1v) is 6.63. The quantitative estimate of drug-likeness (QED) is 0.644. The first-order chi connectivity index (χ1) is 9.99. The number of hydrogen-bond donors (Lipinski definition) is 2. The third kappa shape index (κ3) is 3.79. The van der Waals surface area contributed by atoms with Crippen molar-refractivity contribution in [1.29, 1.82) is 0 Å². The Hall–Kier alpha value is -2.41. The lowest BCUT2D eigenvalue weighted by Gasteiger charge is -2.12. The van der Waals surface area contributed by atoms with Crippen molar-refractivity contribution in [1.82, 2.24) is 15.0 Å². The average Bonchev–Trinajstić information content (AvgIpc) is 2.43. The van der Waals surface area contributed by atoms with E-state index in [0.29, 0.717) is 5.75 Å². The van der Waals surface area contributed by atoms with Crippen LogP contribution < -0.4 is 20.7 Å². The highest BCUT2D eigenvalue weighted by molar-refractivity contribution is 5.40. The Morgan fingerprint density at radius 2 is 1.81 bits per heavy atom. The lowest BCUT2D eigenvalue weighted by molar-refractivity contribution is 0.218.